The Hall–Kier alpha value is -7.59. The lowest BCUT2D eigenvalue weighted by Gasteiger charge is -2.24. The number of nitrogens with two attached hydrogens (primary N) is 2. The zero-order valence-corrected chi connectivity index (χ0v) is 35.1. The molecule has 4 aromatic carbocycles. The van der Waals surface area contributed by atoms with Crippen molar-refractivity contribution in [1.29, 1.82) is 0 Å². The van der Waals surface area contributed by atoms with Gasteiger partial charge in [-0.1, -0.05) is 77.8 Å². The number of rotatable bonds is 9. The molecule has 1 unspecified atom stereocenters. The molecule has 1 atom stereocenters. The highest BCUT2D eigenvalue weighted by Crippen LogP contribution is 2.40. The minimum Gasteiger partial charge on any atom is -0.381 e. The zero-order chi connectivity index (χ0) is 44.1. The smallest absolute Gasteiger partial charge is 0.233 e. The third-order valence-corrected chi connectivity index (χ3v) is 11.7. The zero-order valence-electron chi connectivity index (χ0n) is 33.6. The summed E-state index contributed by atoms with van der Waals surface area (Å²) in [6.07, 6.45) is 3.46. The molecule has 7 N–H and O–H groups in total. The van der Waals surface area contributed by atoms with E-state index in [0.717, 1.165) is 22.1 Å². The minimum atomic E-state index is -0.584. The molecule has 64 heavy (non-hydrogen) atoms. The van der Waals surface area contributed by atoms with E-state index < -0.39 is 11.8 Å². The number of pyridine rings is 2. The fourth-order valence-electron chi connectivity index (χ4n) is 7.73. The van der Waals surface area contributed by atoms with Gasteiger partial charge in [0.25, 0.3) is 0 Å². The first-order chi connectivity index (χ1) is 31.1. The molecule has 0 radical (unpaired) electrons. The van der Waals surface area contributed by atoms with Crippen molar-refractivity contribution in [2.75, 3.05) is 41.9 Å². The molecular formula is C47H35Cl2N11O4. The highest BCUT2D eigenvalue weighted by molar-refractivity contribution is 6.36. The van der Waals surface area contributed by atoms with Crippen LogP contribution in [-0.2, 0) is 19.1 Å². The third kappa shape index (κ3) is 7.76. The van der Waals surface area contributed by atoms with E-state index in [4.69, 9.17) is 64.3 Å². The molecule has 15 nitrogen and oxygen atoms in total. The standard InChI is InChI=1S/C47H35Cl2N11O4/c48-33-16-28(13-25-10-5-11-52-36(25)33)41-39(56-43(51)44(58-41)59-46(62)31-18-35(61)53-20-31)26-9-4-8-24(12-26)30-15-27-14-29(17-34(49)37(27)54-19-30)40-38(23-6-2-1-3-7-23)55-42(50)45(57-40)60-47(63)32-21-64-22-32/h1-17,19,31-32H,18,20-22H2,(H2,50,55)(H2,51,56)(H,53,61)(H,57,60,63)(H,58,59,62). The monoisotopic (exact) mass is 887 g/mol. The molecule has 2 fully saturated rings. The van der Waals surface area contributed by atoms with Crippen molar-refractivity contribution < 1.29 is 19.1 Å². The van der Waals surface area contributed by atoms with Gasteiger partial charge in [0, 0.05) is 63.9 Å². The highest BCUT2D eigenvalue weighted by Gasteiger charge is 2.30. The van der Waals surface area contributed by atoms with Gasteiger partial charge in [0.05, 0.1) is 68.9 Å². The fraction of sp³-hybridized carbons (Fsp3) is 0.128. The van der Waals surface area contributed by atoms with Crippen molar-refractivity contribution in [3.8, 4) is 56.2 Å². The molecule has 8 aromatic rings. The molecule has 2 saturated heterocycles. The number of ether oxygens (including phenoxy) is 1. The number of anilines is 4. The van der Waals surface area contributed by atoms with Crippen molar-refractivity contribution in [2.45, 2.75) is 6.42 Å². The van der Waals surface area contributed by atoms with Gasteiger partial charge < -0.3 is 32.2 Å². The van der Waals surface area contributed by atoms with Crippen LogP contribution in [0.4, 0.5) is 23.3 Å². The summed E-state index contributed by atoms with van der Waals surface area (Å²) in [5.41, 5.74) is 20.1. The Balaban J connectivity index is 1.06. The number of nitrogen functional groups attached to an aromatic ring is 2. The fourth-order valence-corrected chi connectivity index (χ4v) is 8.28. The maximum absolute atomic E-state index is 13.2. The molecule has 0 bridgehead atoms. The van der Waals surface area contributed by atoms with Crippen LogP contribution in [0.1, 0.15) is 6.42 Å². The van der Waals surface area contributed by atoms with E-state index in [2.05, 4.69) is 20.9 Å². The largest absolute Gasteiger partial charge is 0.381 e. The lowest BCUT2D eigenvalue weighted by Crippen LogP contribution is -2.38. The number of benzene rings is 4. The summed E-state index contributed by atoms with van der Waals surface area (Å²) in [5.74, 6) is -1.51. The molecular weight excluding hydrogens is 853 g/mol. The maximum atomic E-state index is 13.2. The van der Waals surface area contributed by atoms with Crippen LogP contribution in [0.15, 0.2) is 109 Å². The topological polar surface area (TPSA) is 226 Å². The van der Waals surface area contributed by atoms with Crippen molar-refractivity contribution in [3.05, 3.63) is 120 Å². The van der Waals surface area contributed by atoms with E-state index in [1.807, 2.05) is 84.9 Å². The van der Waals surface area contributed by atoms with Gasteiger partial charge in [0.1, 0.15) is 0 Å². The summed E-state index contributed by atoms with van der Waals surface area (Å²) in [7, 11) is 0. The molecule has 2 aliphatic rings. The van der Waals surface area contributed by atoms with Crippen LogP contribution in [0.2, 0.25) is 10.0 Å². The van der Waals surface area contributed by atoms with Gasteiger partial charge in [-0.3, -0.25) is 24.4 Å². The number of nitrogens with zero attached hydrogens (tertiary/aromatic N) is 6. The summed E-state index contributed by atoms with van der Waals surface area (Å²) in [4.78, 5) is 66.6. The van der Waals surface area contributed by atoms with E-state index >= 15 is 0 Å². The van der Waals surface area contributed by atoms with E-state index in [9.17, 15) is 14.4 Å². The normalized spacial score (nSPS) is 14.9. The second-order valence-corrected chi connectivity index (χ2v) is 16.3. The van der Waals surface area contributed by atoms with Crippen molar-refractivity contribution >= 4 is 86.0 Å². The highest BCUT2D eigenvalue weighted by atomic mass is 35.5. The number of fused-ring (bicyclic) bond motifs is 2. The molecule has 0 aliphatic carbocycles. The first-order valence-electron chi connectivity index (χ1n) is 20.2. The average molecular weight is 889 g/mol. The lowest BCUT2D eigenvalue weighted by molar-refractivity contribution is -0.133. The van der Waals surface area contributed by atoms with Gasteiger partial charge in [-0.25, -0.2) is 19.9 Å². The second kappa shape index (κ2) is 16.6. The molecule has 10 rings (SSSR count). The number of amides is 3. The predicted octanol–water partition coefficient (Wildman–Crippen LogP) is 7.83. The Labute approximate surface area is 374 Å². The molecule has 6 heterocycles. The lowest BCUT2D eigenvalue weighted by atomic mass is 9.97. The average Bonchev–Trinajstić information content (AvgIpc) is 3.73. The van der Waals surface area contributed by atoms with Gasteiger partial charge in [0.2, 0.25) is 17.7 Å². The molecule has 0 spiro atoms. The Morgan fingerprint density at radius 3 is 1.83 bits per heavy atom. The molecule has 4 aromatic heterocycles. The number of aromatic nitrogens is 6. The van der Waals surface area contributed by atoms with Crippen LogP contribution in [-0.4, -0.2) is 67.4 Å². The van der Waals surface area contributed by atoms with Gasteiger partial charge in [-0.15, -0.1) is 0 Å². The molecule has 0 saturated carbocycles. The minimum absolute atomic E-state index is 0.0155. The summed E-state index contributed by atoms with van der Waals surface area (Å²) < 4.78 is 5.21. The van der Waals surface area contributed by atoms with Crippen LogP contribution in [0, 0.1) is 11.8 Å². The first kappa shape index (κ1) is 40.5. The Morgan fingerprint density at radius 1 is 0.609 bits per heavy atom. The third-order valence-electron chi connectivity index (χ3n) is 11.1. The molecule has 316 valence electrons. The Kier molecular flexibility index (Phi) is 10.5. The first-order valence-corrected chi connectivity index (χ1v) is 20.9. The van der Waals surface area contributed by atoms with Gasteiger partial charge in [-0.2, -0.15) is 0 Å². The number of carbonyl (C=O) groups excluding carboxylic acids is 3. The summed E-state index contributed by atoms with van der Waals surface area (Å²) in [6.45, 7) is 0.853. The Morgan fingerprint density at radius 2 is 1.19 bits per heavy atom. The number of halogens is 2. The second-order valence-electron chi connectivity index (χ2n) is 15.5. The van der Waals surface area contributed by atoms with Crippen molar-refractivity contribution in [2.24, 2.45) is 11.8 Å². The Bertz CT molecular complexity index is 3220. The molecule has 3 amide bonds. The summed E-state index contributed by atoms with van der Waals surface area (Å²) in [6, 6.07) is 30.2. The maximum Gasteiger partial charge on any atom is 0.233 e. The van der Waals surface area contributed by atoms with Crippen molar-refractivity contribution in [1.82, 2.24) is 35.2 Å². The van der Waals surface area contributed by atoms with Crippen LogP contribution in [0.5, 0.6) is 0 Å². The predicted molar refractivity (Wildman–Crippen MR) is 247 cm³/mol. The molecule has 2 aliphatic heterocycles. The van der Waals surface area contributed by atoms with Crippen molar-refractivity contribution in [3.63, 3.8) is 0 Å². The van der Waals surface area contributed by atoms with Crippen LogP contribution >= 0.6 is 23.2 Å². The summed E-state index contributed by atoms with van der Waals surface area (Å²) in [5, 5.41) is 10.6. The quantitative estimate of drug-likeness (QED) is 0.0935. The molecule has 17 heteroatoms. The van der Waals surface area contributed by atoms with E-state index in [1.54, 1.807) is 24.5 Å². The van der Waals surface area contributed by atoms with Crippen LogP contribution in [0.25, 0.3) is 78.0 Å². The van der Waals surface area contributed by atoms with E-state index in [-0.39, 0.29) is 54.0 Å². The van der Waals surface area contributed by atoms with Gasteiger partial charge in [0.15, 0.2) is 23.3 Å². The summed E-state index contributed by atoms with van der Waals surface area (Å²) >= 11 is 13.7. The number of nitrogens with one attached hydrogen (secondary N) is 3. The van der Waals surface area contributed by atoms with Crippen LogP contribution < -0.4 is 27.4 Å². The van der Waals surface area contributed by atoms with E-state index in [0.29, 0.717) is 79.1 Å². The number of hydrogen-bond donors (Lipinski definition) is 5. The SMILES string of the molecule is Nc1nc(-c2ccccc2)c(-c2cc(Cl)c3ncc(-c4cccc(-c5nc(N)c(NC(=O)C6CNC(=O)C6)nc5-c5cc(Cl)c6ncccc6c5)c4)cc3c2)nc1NC(=O)C1COC1. The number of carbonyl (C=O) groups is 3. The van der Waals surface area contributed by atoms with Gasteiger partial charge >= 0.3 is 0 Å². The van der Waals surface area contributed by atoms with E-state index in [1.165, 1.54) is 0 Å². The van der Waals surface area contributed by atoms with Crippen LogP contribution in [0.3, 0.4) is 0 Å². The number of hydrogen-bond acceptors (Lipinski definition) is 12. The van der Waals surface area contributed by atoms with Gasteiger partial charge in [-0.05, 0) is 48.0 Å².